The quantitative estimate of drug-likeness (QED) is 0.821. The molecule has 24 heavy (non-hydrogen) atoms. The molecule has 6 heteroatoms. The molecule has 5 nitrogen and oxygen atoms in total. The summed E-state index contributed by atoms with van der Waals surface area (Å²) in [5.41, 5.74) is 1.75. The monoisotopic (exact) mass is 342 g/mol. The van der Waals surface area contributed by atoms with Gasteiger partial charge in [-0.25, -0.2) is 0 Å². The molecule has 0 radical (unpaired) electrons. The molecule has 0 aliphatic rings. The summed E-state index contributed by atoms with van der Waals surface area (Å²) in [7, 11) is 0. The molecule has 0 unspecified atom stereocenters. The van der Waals surface area contributed by atoms with Gasteiger partial charge in [0.05, 0.1) is 11.4 Å². The van der Waals surface area contributed by atoms with Gasteiger partial charge in [-0.3, -0.25) is 9.59 Å². The highest BCUT2D eigenvalue weighted by Crippen LogP contribution is 2.17. The van der Waals surface area contributed by atoms with Crippen molar-refractivity contribution in [2.45, 2.75) is 13.8 Å². The zero-order chi connectivity index (χ0) is 17.4. The van der Waals surface area contributed by atoms with Gasteiger partial charge in [0.2, 0.25) is 5.91 Å². The van der Waals surface area contributed by atoms with Crippen LogP contribution in [0.15, 0.2) is 35.7 Å². The number of ether oxygens (including phenoxy) is 1. The van der Waals surface area contributed by atoms with Crippen LogP contribution in [-0.2, 0) is 4.79 Å². The van der Waals surface area contributed by atoms with Crippen LogP contribution in [-0.4, -0.2) is 25.0 Å². The molecule has 1 heterocycles. The second-order valence-corrected chi connectivity index (χ2v) is 5.93. The van der Waals surface area contributed by atoms with E-state index < -0.39 is 0 Å². The van der Waals surface area contributed by atoms with Gasteiger partial charge in [0.25, 0.3) is 5.91 Å². The summed E-state index contributed by atoms with van der Waals surface area (Å²) < 4.78 is 5.49. The van der Waals surface area contributed by atoms with Gasteiger partial charge < -0.3 is 15.4 Å². The lowest BCUT2D eigenvalue weighted by molar-refractivity contribution is -0.114. The SMILES string of the molecule is CC(=O)Nc1cccc(OCC#CCNC(=O)c2cc(C)cs2)c1. The molecule has 0 spiro atoms. The van der Waals surface area contributed by atoms with Crippen LogP contribution in [0.5, 0.6) is 5.75 Å². The van der Waals surface area contributed by atoms with Crippen molar-refractivity contribution in [2.24, 2.45) is 0 Å². The average molecular weight is 342 g/mol. The van der Waals surface area contributed by atoms with Crippen molar-refractivity contribution in [3.8, 4) is 17.6 Å². The van der Waals surface area contributed by atoms with Gasteiger partial charge in [0, 0.05) is 18.7 Å². The summed E-state index contributed by atoms with van der Waals surface area (Å²) in [6, 6.07) is 8.93. The van der Waals surface area contributed by atoms with Gasteiger partial charge in [-0.15, -0.1) is 11.3 Å². The van der Waals surface area contributed by atoms with Gasteiger partial charge in [0.1, 0.15) is 12.4 Å². The van der Waals surface area contributed by atoms with Gasteiger partial charge in [0.15, 0.2) is 0 Å². The van der Waals surface area contributed by atoms with Crippen molar-refractivity contribution in [3.63, 3.8) is 0 Å². The van der Waals surface area contributed by atoms with E-state index in [0.29, 0.717) is 16.3 Å². The molecule has 0 bridgehead atoms. The molecule has 0 atom stereocenters. The third-order valence-electron chi connectivity index (χ3n) is 2.88. The predicted molar refractivity (Wildman–Crippen MR) is 95.4 cm³/mol. The minimum absolute atomic E-state index is 0.119. The van der Waals surface area contributed by atoms with Gasteiger partial charge in [-0.1, -0.05) is 17.9 Å². The Kier molecular flexibility index (Phi) is 6.41. The van der Waals surface area contributed by atoms with Gasteiger partial charge in [-0.2, -0.15) is 0 Å². The van der Waals surface area contributed by atoms with Crippen LogP contribution in [0.25, 0.3) is 0 Å². The van der Waals surface area contributed by atoms with E-state index in [1.54, 1.807) is 24.3 Å². The first-order valence-corrected chi connectivity index (χ1v) is 8.22. The number of carbonyl (C=O) groups excluding carboxylic acids is 2. The van der Waals surface area contributed by atoms with Crippen LogP contribution in [0.1, 0.15) is 22.2 Å². The Morgan fingerprint density at radius 3 is 2.79 bits per heavy atom. The van der Waals surface area contributed by atoms with E-state index in [4.69, 9.17) is 4.74 Å². The number of nitrogens with one attached hydrogen (secondary N) is 2. The minimum Gasteiger partial charge on any atom is -0.481 e. The molecule has 1 aromatic carbocycles. The average Bonchev–Trinajstić information content (AvgIpc) is 2.97. The highest BCUT2D eigenvalue weighted by molar-refractivity contribution is 7.12. The Hall–Kier alpha value is -2.78. The molecule has 0 aliphatic carbocycles. The Labute approximate surface area is 145 Å². The first kappa shape index (κ1) is 17.6. The largest absolute Gasteiger partial charge is 0.481 e. The van der Waals surface area contributed by atoms with Crippen LogP contribution in [0.3, 0.4) is 0 Å². The fraction of sp³-hybridized carbons (Fsp3) is 0.222. The van der Waals surface area contributed by atoms with Gasteiger partial charge in [-0.05, 0) is 36.1 Å². The minimum atomic E-state index is -0.136. The first-order chi connectivity index (χ1) is 11.5. The summed E-state index contributed by atoms with van der Waals surface area (Å²) in [4.78, 5) is 23.5. The third kappa shape index (κ3) is 5.78. The van der Waals surface area contributed by atoms with E-state index in [0.717, 1.165) is 5.56 Å². The molecule has 124 valence electrons. The molecule has 2 rings (SSSR count). The maximum Gasteiger partial charge on any atom is 0.262 e. The molecule has 0 saturated carbocycles. The summed E-state index contributed by atoms with van der Waals surface area (Å²) in [6.45, 7) is 3.87. The standard InChI is InChI=1S/C18H18N2O3S/c1-13-10-17(24-12-13)18(22)19-8-3-4-9-23-16-7-5-6-15(11-16)20-14(2)21/h5-7,10-12H,8-9H2,1-2H3,(H,19,22)(H,20,21). The second-order valence-electron chi connectivity index (χ2n) is 5.02. The van der Waals surface area contributed by atoms with Crippen molar-refractivity contribution in [2.75, 3.05) is 18.5 Å². The first-order valence-electron chi connectivity index (χ1n) is 7.34. The number of anilines is 1. The van der Waals surface area contributed by atoms with Crippen molar-refractivity contribution in [1.82, 2.24) is 5.32 Å². The summed E-state index contributed by atoms with van der Waals surface area (Å²) in [5, 5.41) is 7.35. The number of benzene rings is 1. The second kappa shape index (κ2) is 8.75. The number of hydrogen-bond donors (Lipinski definition) is 2. The smallest absolute Gasteiger partial charge is 0.262 e. The number of amides is 2. The maximum atomic E-state index is 11.8. The molecular weight excluding hydrogens is 324 g/mol. The number of rotatable bonds is 5. The lowest BCUT2D eigenvalue weighted by Gasteiger charge is -2.05. The Balaban J connectivity index is 1.74. The highest BCUT2D eigenvalue weighted by atomic mass is 32.1. The Bertz CT molecular complexity index is 787. The van der Waals surface area contributed by atoms with E-state index in [9.17, 15) is 9.59 Å². The van der Waals surface area contributed by atoms with Crippen molar-refractivity contribution >= 4 is 28.8 Å². The molecule has 1 aromatic heterocycles. The Morgan fingerprint density at radius 2 is 2.08 bits per heavy atom. The molecule has 2 aromatic rings. The number of thiophene rings is 1. The summed E-state index contributed by atoms with van der Waals surface area (Å²) in [6.07, 6.45) is 0. The van der Waals surface area contributed by atoms with Crippen LogP contribution in [0.4, 0.5) is 5.69 Å². The predicted octanol–water partition coefficient (Wildman–Crippen LogP) is 2.83. The molecule has 0 saturated heterocycles. The van der Waals surface area contributed by atoms with E-state index >= 15 is 0 Å². The molecule has 0 aliphatic heterocycles. The fourth-order valence-electron chi connectivity index (χ4n) is 1.86. The third-order valence-corrected chi connectivity index (χ3v) is 3.93. The van der Waals surface area contributed by atoms with E-state index in [1.165, 1.54) is 18.3 Å². The molecule has 0 fully saturated rings. The van der Waals surface area contributed by atoms with Crippen molar-refractivity contribution in [1.29, 1.82) is 0 Å². The summed E-state index contributed by atoms with van der Waals surface area (Å²) >= 11 is 1.41. The molecular formula is C18H18N2O3S. The topological polar surface area (TPSA) is 67.4 Å². The van der Waals surface area contributed by atoms with Crippen LogP contribution in [0, 0.1) is 18.8 Å². The molecule has 2 N–H and O–H groups in total. The summed E-state index contributed by atoms with van der Waals surface area (Å²) in [5.74, 6) is 6.04. The van der Waals surface area contributed by atoms with Crippen LogP contribution in [0.2, 0.25) is 0 Å². The van der Waals surface area contributed by atoms with E-state index in [-0.39, 0.29) is 25.0 Å². The lowest BCUT2D eigenvalue weighted by atomic mass is 10.3. The normalized spacial score (nSPS) is 9.58. The number of aryl methyl sites for hydroxylation is 1. The lowest BCUT2D eigenvalue weighted by Crippen LogP contribution is -2.22. The Morgan fingerprint density at radius 1 is 1.25 bits per heavy atom. The molecule has 2 amide bonds. The zero-order valence-electron chi connectivity index (χ0n) is 13.5. The van der Waals surface area contributed by atoms with Crippen LogP contribution < -0.4 is 15.4 Å². The van der Waals surface area contributed by atoms with Crippen molar-refractivity contribution in [3.05, 3.63) is 46.2 Å². The fourth-order valence-corrected chi connectivity index (χ4v) is 2.68. The maximum absolute atomic E-state index is 11.8. The number of carbonyl (C=O) groups is 2. The highest BCUT2D eigenvalue weighted by Gasteiger charge is 2.05. The van der Waals surface area contributed by atoms with E-state index in [2.05, 4.69) is 22.5 Å². The van der Waals surface area contributed by atoms with Crippen LogP contribution >= 0.6 is 11.3 Å². The van der Waals surface area contributed by atoms with Gasteiger partial charge >= 0.3 is 0 Å². The van der Waals surface area contributed by atoms with E-state index in [1.807, 2.05) is 18.4 Å². The zero-order valence-corrected chi connectivity index (χ0v) is 14.3. The number of hydrogen-bond acceptors (Lipinski definition) is 4. The van der Waals surface area contributed by atoms with Crippen molar-refractivity contribution < 1.29 is 14.3 Å².